The lowest BCUT2D eigenvalue weighted by atomic mass is 10.0. The normalized spacial score (nSPS) is 11.4. The van der Waals surface area contributed by atoms with Crippen molar-refractivity contribution < 1.29 is 14.6 Å². The molecule has 47 heavy (non-hydrogen) atoms. The third kappa shape index (κ3) is 12.8. The van der Waals surface area contributed by atoms with Crippen molar-refractivity contribution in [2.45, 2.75) is 85.5 Å². The fraction of sp³-hybridized carbons (Fsp3) is 0.476. The van der Waals surface area contributed by atoms with Crippen LogP contribution in [-0.4, -0.2) is 51.6 Å². The molecule has 0 aliphatic heterocycles. The number of benzene rings is 3. The van der Waals surface area contributed by atoms with Crippen LogP contribution in [0.25, 0.3) is 24.3 Å². The lowest BCUT2D eigenvalue weighted by Gasteiger charge is -2.24. The molecule has 0 spiro atoms. The van der Waals surface area contributed by atoms with Crippen molar-refractivity contribution in [2.75, 3.05) is 56.3 Å². The van der Waals surface area contributed by atoms with E-state index in [9.17, 15) is 5.11 Å². The van der Waals surface area contributed by atoms with Gasteiger partial charge in [-0.15, -0.1) is 0 Å². The minimum Gasteiger partial charge on any atom is -0.496 e. The van der Waals surface area contributed by atoms with Crippen molar-refractivity contribution in [3.63, 3.8) is 0 Å². The molecule has 0 radical (unpaired) electrons. The lowest BCUT2D eigenvalue weighted by Crippen LogP contribution is -2.25. The second-order valence-corrected chi connectivity index (χ2v) is 12.3. The molecule has 1 N–H and O–H groups in total. The van der Waals surface area contributed by atoms with Gasteiger partial charge in [0.2, 0.25) is 0 Å². The lowest BCUT2D eigenvalue weighted by molar-refractivity contribution is 0.233. The van der Waals surface area contributed by atoms with E-state index in [4.69, 9.17) is 9.47 Å². The molecule has 0 atom stereocenters. The van der Waals surface area contributed by atoms with Gasteiger partial charge in [-0.2, -0.15) is 0 Å². The number of hydrogen-bond acceptors (Lipinski definition) is 5. The van der Waals surface area contributed by atoms with E-state index in [0.29, 0.717) is 13.0 Å². The van der Waals surface area contributed by atoms with Crippen LogP contribution in [0.4, 0.5) is 11.4 Å². The highest BCUT2D eigenvalue weighted by atomic mass is 16.5. The zero-order valence-electron chi connectivity index (χ0n) is 29.8. The quantitative estimate of drug-likeness (QED) is 0.0825. The van der Waals surface area contributed by atoms with Gasteiger partial charge in [0.15, 0.2) is 0 Å². The minimum atomic E-state index is 0.0955. The number of anilines is 2. The molecule has 0 aliphatic carbocycles. The number of aliphatic hydroxyl groups is 1. The molecule has 3 rings (SSSR count). The number of ether oxygens (including phenoxy) is 2. The van der Waals surface area contributed by atoms with Crippen molar-refractivity contribution in [2.24, 2.45) is 0 Å². The number of methoxy groups -OCH3 is 1. The molecule has 0 amide bonds. The summed E-state index contributed by atoms with van der Waals surface area (Å²) in [5.41, 5.74) is 6.74. The first-order chi connectivity index (χ1) is 23.1. The van der Waals surface area contributed by atoms with Gasteiger partial charge in [-0.3, -0.25) is 0 Å². The Hall–Kier alpha value is -3.70. The molecule has 0 unspecified atom stereocenters. The molecular weight excluding hydrogens is 580 g/mol. The van der Waals surface area contributed by atoms with Crippen LogP contribution in [0.5, 0.6) is 11.5 Å². The predicted molar refractivity (Wildman–Crippen MR) is 205 cm³/mol. The highest BCUT2D eigenvalue weighted by molar-refractivity contribution is 5.79. The fourth-order valence-corrected chi connectivity index (χ4v) is 5.50. The van der Waals surface area contributed by atoms with E-state index in [1.165, 1.54) is 62.7 Å². The monoisotopic (exact) mass is 640 g/mol. The van der Waals surface area contributed by atoms with E-state index < -0.39 is 0 Å². The molecular formula is C42H60N2O3. The van der Waals surface area contributed by atoms with E-state index in [1.807, 2.05) is 12.1 Å². The Bertz CT molecular complexity index is 1320. The molecule has 0 fully saturated rings. The minimum absolute atomic E-state index is 0.0955. The summed E-state index contributed by atoms with van der Waals surface area (Å²) in [5.74, 6) is 1.56. The van der Waals surface area contributed by atoms with Crippen molar-refractivity contribution in [1.29, 1.82) is 0 Å². The van der Waals surface area contributed by atoms with Crippen LogP contribution in [-0.2, 0) is 0 Å². The second-order valence-electron chi connectivity index (χ2n) is 12.3. The number of nitrogens with zero attached hydrogens (tertiary/aromatic N) is 2. The average Bonchev–Trinajstić information content (AvgIpc) is 3.11. The van der Waals surface area contributed by atoms with Crippen LogP contribution in [0, 0.1) is 0 Å². The number of hydrogen-bond donors (Lipinski definition) is 1. The van der Waals surface area contributed by atoms with Gasteiger partial charge >= 0.3 is 0 Å². The maximum Gasteiger partial charge on any atom is 0.127 e. The molecule has 256 valence electrons. The van der Waals surface area contributed by atoms with Crippen LogP contribution in [0.3, 0.4) is 0 Å². The highest BCUT2D eigenvalue weighted by Gasteiger charge is 2.11. The molecule has 0 heterocycles. The van der Waals surface area contributed by atoms with Gasteiger partial charge in [-0.05, 0) is 73.2 Å². The largest absolute Gasteiger partial charge is 0.496 e. The first kappa shape index (κ1) is 37.8. The summed E-state index contributed by atoms with van der Waals surface area (Å²) in [4.78, 5) is 5.02. The smallest absolute Gasteiger partial charge is 0.127 e. The van der Waals surface area contributed by atoms with Crippen molar-refractivity contribution in [1.82, 2.24) is 0 Å². The predicted octanol–water partition coefficient (Wildman–Crippen LogP) is 10.6. The van der Waals surface area contributed by atoms with E-state index in [0.717, 1.165) is 59.9 Å². The Morgan fingerprint density at radius 2 is 0.957 bits per heavy atom. The Morgan fingerprint density at radius 1 is 0.553 bits per heavy atom. The zero-order valence-corrected chi connectivity index (χ0v) is 29.8. The Balaban J connectivity index is 1.82. The van der Waals surface area contributed by atoms with Gasteiger partial charge in [-0.25, -0.2) is 0 Å². The SMILES string of the molecule is CCCCN(CCCC)c1ccc(C=Cc2cc(OCCCO)c(C=Cc3ccc(N(CCCC)CCCC)cc3)cc2OC)cc1. The van der Waals surface area contributed by atoms with Crippen LogP contribution in [0.15, 0.2) is 60.7 Å². The Morgan fingerprint density at radius 3 is 1.34 bits per heavy atom. The third-order valence-corrected chi connectivity index (χ3v) is 8.48. The molecule has 0 saturated heterocycles. The van der Waals surface area contributed by atoms with Crippen LogP contribution >= 0.6 is 0 Å². The molecule has 3 aromatic rings. The van der Waals surface area contributed by atoms with E-state index in [2.05, 4.69) is 110 Å². The third-order valence-electron chi connectivity index (χ3n) is 8.48. The first-order valence-corrected chi connectivity index (χ1v) is 18.1. The maximum atomic E-state index is 9.38. The van der Waals surface area contributed by atoms with Crippen LogP contribution in [0.1, 0.15) is 108 Å². The topological polar surface area (TPSA) is 45.2 Å². The summed E-state index contributed by atoms with van der Waals surface area (Å²) in [7, 11) is 1.71. The van der Waals surface area contributed by atoms with Gasteiger partial charge in [-0.1, -0.05) is 102 Å². The summed E-state index contributed by atoms with van der Waals surface area (Å²) < 4.78 is 12.0. The zero-order chi connectivity index (χ0) is 33.7. The average molecular weight is 641 g/mol. The summed E-state index contributed by atoms with van der Waals surface area (Å²) in [6.07, 6.45) is 18.7. The summed E-state index contributed by atoms with van der Waals surface area (Å²) in [6.45, 7) is 13.9. The standard InChI is InChI=1S/C42H60N2O3/c1-6-10-27-43(28-11-7-2)39-23-17-35(18-24-39)15-21-37-34-42(47-32-14-31-45)38(33-41(37)46-5)22-16-36-19-25-40(26-20-36)44(29-12-8-3)30-13-9-4/h15-26,33-34,45H,6-14,27-32H2,1-5H3. The molecule has 0 aromatic heterocycles. The molecule has 0 saturated carbocycles. The van der Waals surface area contributed by atoms with Crippen LogP contribution < -0.4 is 19.3 Å². The first-order valence-electron chi connectivity index (χ1n) is 18.1. The Kier molecular flexibility index (Phi) is 17.7. The van der Waals surface area contributed by atoms with Crippen molar-refractivity contribution >= 4 is 35.7 Å². The summed E-state index contributed by atoms with van der Waals surface area (Å²) >= 11 is 0. The van der Waals surface area contributed by atoms with Crippen molar-refractivity contribution in [3.8, 4) is 11.5 Å². The summed E-state index contributed by atoms with van der Waals surface area (Å²) in [5, 5.41) is 9.38. The van der Waals surface area contributed by atoms with E-state index >= 15 is 0 Å². The van der Waals surface area contributed by atoms with Gasteiger partial charge in [0.25, 0.3) is 0 Å². The number of unbranched alkanes of at least 4 members (excludes halogenated alkanes) is 4. The number of aliphatic hydroxyl groups excluding tert-OH is 1. The highest BCUT2D eigenvalue weighted by Crippen LogP contribution is 2.32. The van der Waals surface area contributed by atoms with E-state index in [-0.39, 0.29) is 6.61 Å². The molecule has 5 heteroatoms. The molecule has 0 aliphatic rings. The number of rotatable bonds is 23. The van der Waals surface area contributed by atoms with E-state index in [1.54, 1.807) is 7.11 Å². The fourth-order valence-electron chi connectivity index (χ4n) is 5.50. The van der Waals surface area contributed by atoms with Gasteiger partial charge < -0.3 is 24.4 Å². The molecule has 3 aromatic carbocycles. The molecule has 5 nitrogen and oxygen atoms in total. The van der Waals surface area contributed by atoms with Gasteiger partial charge in [0.05, 0.1) is 13.7 Å². The summed E-state index contributed by atoms with van der Waals surface area (Å²) in [6, 6.07) is 21.8. The Labute approximate surface area is 285 Å². The van der Waals surface area contributed by atoms with Gasteiger partial charge in [0.1, 0.15) is 11.5 Å². The van der Waals surface area contributed by atoms with Crippen molar-refractivity contribution in [3.05, 3.63) is 82.9 Å². The van der Waals surface area contributed by atoms with Gasteiger partial charge in [0, 0.05) is 61.7 Å². The maximum absolute atomic E-state index is 9.38. The second kappa shape index (κ2) is 22.0. The van der Waals surface area contributed by atoms with Crippen LogP contribution in [0.2, 0.25) is 0 Å². The molecule has 0 bridgehead atoms.